The molecule has 1 aliphatic carbocycles. The molecule has 0 aliphatic heterocycles. The Morgan fingerprint density at radius 3 is 2.84 bits per heavy atom. The van der Waals surface area contributed by atoms with Crippen molar-refractivity contribution >= 4 is 34.4 Å². The fraction of sp³-hybridized carbons (Fsp3) is 0.455. The number of fused-ring (bicyclic) bond motifs is 1. The second-order valence-electron chi connectivity index (χ2n) is 7.83. The van der Waals surface area contributed by atoms with Gasteiger partial charge in [-0.3, -0.25) is 14.2 Å². The van der Waals surface area contributed by atoms with Crippen LogP contribution in [0.15, 0.2) is 46.5 Å². The Balaban J connectivity index is 1.53. The van der Waals surface area contributed by atoms with Crippen molar-refractivity contribution in [1.82, 2.24) is 19.3 Å². The summed E-state index contributed by atoms with van der Waals surface area (Å²) in [7, 11) is 1.60. The van der Waals surface area contributed by atoms with E-state index < -0.39 is 0 Å². The predicted octanol–water partition coefficient (Wildman–Crippen LogP) is 3.65. The van der Waals surface area contributed by atoms with E-state index >= 15 is 0 Å². The first-order valence-corrected chi connectivity index (χ1v) is 11.5. The number of benzene rings is 1. The lowest BCUT2D eigenvalue weighted by atomic mass is 10.2. The van der Waals surface area contributed by atoms with E-state index in [-0.39, 0.29) is 23.3 Å². The molecular formula is C22H27N5O3S. The minimum Gasteiger partial charge on any atom is -0.383 e. The summed E-state index contributed by atoms with van der Waals surface area (Å²) in [5, 5.41) is 8.42. The van der Waals surface area contributed by atoms with E-state index in [1.807, 2.05) is 35.9 Å². The molecule has 0 radical (unpaired) electrons. The van der Waals surface area contributed by atoms with Crippen molar-refractivity contribution in [2.75, 3.05) is 24.8 Å². The van der Waals surface area contributed by atoms with Crippen LogP contribution in [0.4, 0.5) is 5.82 Å². The standard InChI is InChI=1S/C22H27N5O3S/c1-15(13-30-2)26-21(29)17-9-5-6-10-18(17)24-22(26)31-14-20(28)25-19-11-12-23-27(19)16-7-3-4-8-16/h5-6,9-12,15-16H,3-4,7-8,13-14H2,1-2H3,(H,25,28)/t15-/m0/s1. The van der Waals surface area contributed by atoms with E-state index in [1.165, 1.54) is 24.6 Å². The Labute approximate surface area is 185 Å². The fourth-order valence-electron chi connectivity index (χ4n) is 4.09. The number of para-hydroxylation sites is 1. The number of carbonyl (C=O) groups excluding carboxylic acids is 1. The number of carbonyl (C=O) groups is 1. The quantitative estimate of drug-likeness (QED) is 0.424. The van der Waals surface area contributed by atoms with E-state index in [2.05, 4.69) is 15.4 Å². The monoisotopic (exact) mass is 441 g/mol. The van der Waals surface area contributed by atoms with Crippen molar-refractivity contribution in [3.8, 4) is 0 Å². The van der Waals surface area contributed by atoms with Crippen molar-refractivity contribution in [3.05, 3.63) is 46.9 Å². The molecule has 164 valence electrons. The molecule has 9 heteroatoms. The summed E-state index contributed by atoms with van der Waals surface area (Å²) in [4.78, 5) is 30.5. The third-order valence-electron chi connectivity index (χ3n) is 5.56. The Bertz CT molecular complexity index is 1120. The molecule has 2 aromatic heterocycles. The average Bonchev–Trinajstić information content (AvgIpc) is 3.44. The lowest BCUT2D eigenvalue weighted by Gasteiger charge is -2.19. The zero-order valence-corrected chi connectivity index (χ0v) is 18.6. The molecule has 0 spiro atoms. The molecule has 0 bridgehead atoms. The first-order chi connectivity index (χ1) is 15.1. The number of hydrogen-bond acceptors (Lipinski definition) is 6. The molecule has 1 aliphatic rings. The van der Waals surface area contributed by atoms with Gasteiger partial charge in [-0.1, -0.05) is 36.7 Å². The molecule has 31 heavy (non-hydrogen) atoms. The normalized spacial score (nSPS) is 15.4. The van der Waals surface area contributed by atoms with Crippen molar-refractivity contribution in [2.45, 2.75) is 49.8 Å². The number of rotatable bonds is 8. The van der Waals surface area contributed by atoms with Crippen LogP contribution in [0.3, 0.4) is 0 Å². The van der Waals surface area contributed by atoms with Crippen LogP contribution in [0.1, 0.15) is 44.7 Å². The second kappa shape index (κ2) is 9.65. The number of ether oxygens (including phenoxy) is 1. The maximum absolute atomic E-state index is 13.1. The summed E-state index contributed by atoms with van der Waals surface area (Å²) in [5.41, 5.74) is 0.493. The van der Waals surface area contributed by atoms with Crippen LogP contribution in [0.2, 0.25) is 0 Å². The zero-order valence-electron chi connectivity index (χ0n) is 17.8. The van der Waals surface area contributed by atoms with Gasteiger partial charge < -0.3 is 10.1 Å². The Kier molecular flexibility index (Phi) is 6.72. The van der Waals surface area contributed by atoms with Gasteiger partial charge in [0.1, 0.15) is 5.82 Å². The average molecular weight is 442 g/mol. The van der Waals surface area contributed by atoms with Gasteiger partial charge in [0.05, 0.1) is 41.5 Å². The van der Waals surface area contributed by atoms with Crippen LogP contribution in [-0.4, -0.2) is 44.7 Å². The highest BCUT2D eigenvalue weighted by Gasteiger charge is 2.21. The topological polar surface area (TPSA) is 91.0 Å². The third-order valence-corrected chi connectivity index (χ3v) is 6.52. The maximum atomic E-state index is 13.1. The van der Waals surface area contributed by atoms with Crippen molar-refractivity contribution in [1.29, 1.82) is 0 Å². The molecule has 8 nitrogen and oxygen atoms in total. The summed E-state index contributed by atoms with van der Waals surface area (Å²) >= 11 is 1.25. The molecule has 1 saturated carbocycles. The number of aromatic nitrogens is 4. The van der Waals surface area contributed by atoms with Crippen LogP contribution in [0.25, 0.3) is 10.9 Å². The summed E-state index contributed by atoms with van der Waals surface area (Å²) in [6, 6.07) is 9.22. The molecule has 1 aromatic carbocycles. The molecule has 1 atom stereocenters. The van der Waals surface area contributed by atoms with Gasteiger partial charge in [-0.25, -0.2) is 9.67 Å². The Morgan fingerprint density at radius 2 is 2.06 bits per heavy atom. The molecule has 0 unspecified atom stereocenters. The molecule has 3 aromatic rings. The molecule has 1 fully saturated rings. The highest BCUT2D eigenvalue weighted by molar-refractivity contribution is 7.99. The van der Waals surface area contributed by atoms with Crippen molar-refractivity contribution in [3.63, 3.8) is 0 Å². The number of thioether (sulfide) groups is 1. The molecule has 0 saturated heterocycles. The predicted molar refractivity (Wildman–Crippen MR) is 122 cm³/mol. The van der Waals surface area contributed by atoms with Gasteiger partial charge in [0, 0.05) is 13.2 Å². The van der Waals surface area contributed by atoms with Crippen LogP contribution >= 0.6 is 11.8 Å². The van der Waals surface area contributed by atoms with Gasteiger partial charge in [0.25, 0.3) is 5.56 Å². The number of nitrogens with one attached hydrogen (secondary N) is 1. The van der Waals surface area contributed by atoms with E-state index in [0.717, 1.165) is 12.8 Å². The Hall–Kier alpha value is -2.65. The highest BCUT2D eigenvalue weighted by Crippen LogP contribution is 2.31. The summed E-state index contributed by atoms with van der Waals surface area (Å²) in [6.07, 6.45) is 6.28. The number of methoxy groups -OCH3 is 1. The Morgan fingerprint density at radius 1 is 1.29 bits per heavy atom. The molecule has 1 amide bonds. The third kappa shape index (κ3) is 4.67. The number of nitrogens with zero attached hydrogens (tertiary/aromatic N) is 4. The SMILES string of the molecule is COC[C@H](C)n1c(SCC(=O)Nc2ccnn2C2CCCC2)nc2ccccc2c1=O. The fourth-order valence-corrected chi connectivity index (χ4v) is 4.99. The smallest absolute Gasteiger partial charge is 0.262 e. The van der Waals surface area contributed by atoms with E-state index in [0.29, 0.717) is 34.5 Å². The minimum absolute atomic E-state index is 0.127. The zero-order chi connectivity index (χ0) is 21.8. The van der Waals surface area contributed by atoms with Gasteiger partial charge in [-0.15, -0.1) is 0 Å². The van der Waals surface area contributed by atoms with Crippen LogP contribution in [0.5, 0.6) is 0 Å². The van der Waals surface area contributed by atoms with E-state index in [9.17, 15) is 9.59 Å². The van der Waals surface area contributed by atoms with Gasteiger partial charge in [-0.05, 0) is 31.9 Å². The number of amides is 1. The van der Waals surface area contributed by atoms with Crippen LogP contribution in [-0.2, 0) is 9.53 Å². The molecular weight excluding hydrogens is 414 g/mol. The largest absolute Gasteiger partial charge is 0.383 e. The molecule has 1 N–H and O–H groups in total. The first-order valence-electron chi connectivity index (χ1n) is 10.5. The lowest BCUT2D eigenvalue weighted by molar-refractivity contribution is -0.113. The van der Waals surface area contributed by atoms with Crippen LogP contribution < -0.4 is 10.9 Å². The summed E-state index contributed by atoms with van der Waals surface area (Å²) in [5.74, 6) is 0.701. The summed E-state index contributed by atoms with van der Waals surface area (Å²) < 4.78 is 8.79. The highest BCUT2D eigenvalue weighted by atomic mass is 32.2. The van der Waals surface area contributed by atoms with Gasteiger partial charge in [0.2, 0.25) is 5.91 Å². The van der Waals surface area contributed by atoms with Gasteiger partial charge in [-0.2, -0.15) is 5.10 Å². The number of anilines is 1. The number of hydrogen-bond donors (Lipinski definition) is 1. The molecule has 2 heterocycles. The maximum Gasteiger partial charge on any atom is 0.262 e. The summed E-state index contributed by atoms with van der Waals surface area (Å²) in [6.45, 7) is 2.28. The first kappa shape index (κ1) is 21.6. The van der Waals surface area contributed by atoms with Gasteiger partial charge >= 0.3 is 0 Å². The lowest BCUT2D eigenvalue weighted by Crippen LogP contribution is -2.29. The van der Waals surface area contributed by atoms with Gasteiger partial charge in [0.15, 0.2) is 5.16 Å². The second-order valence-corrected chi connectivity index (χ2v) is 8.77. The van der Waals surface area contributed by atoms with E-state index in [4.69, 9.17) is 4.74 Å². The van der Waals surface area contributed by atoms with Crippen LogP contribution in [0, 0.1) is 0 Å². The van der Waals surface area contributed by atoms with Crippen molar-refractivity contribution < 1.29 is 9.53 Å². The van der Waals surface area contributed by atoms with Crippen molar-refractivity contribution in [2.24, 2.45) is 0 Å². The molecule has 4 rings (SSSR count). The minimum atomic E-state index is -0.205. The van der Waals surface area contributed by atoms with E-state index in [1.54, 1.807) is 23.9 Å².